The number of carboxylic acids is 1. The molecule has 0 aromatic carbocycles. The summed E-state index contributed by atoms with van der Waals surface area (Å²) in [6.07, 6.45) is 3.83. The molecule has 2 aromatic rings. The molecule has 0 unspecified atom stereocenters. The molecule has 6 nitrogen and oxygen atoms in total. The van der Waals surface area contributed by atoms with Crippen LogP contribution in [-0.2, 0) is 6.54 Å². The molecule has 0 bridgehead atoms. The van der Waals surface area contributed by atoms with E-state index in [0.717, 1.165) is 12.8 Å². The summed E-state index contributed by atoms with van der Waals surface area (Å²) in [6, 6.07) is 6.37. The zero-order valence-electron chi connectivity index (χ0n) is 12.2. The van der Waals surface area contributed by atoms with Gasteiger partial charge in [-0.1, -0.05) is 19.9 Å². The summed E-state index contributed by atoms with van der Waals surface area (Å²) in [6.45, 7) is 4.36. The van der Waals surface area contributed by atoms with Crippen molar-refractivity contribution < 1.29 is 9.90 Å². The Hall–Kier alpha value is -2.37. The van der Waals surface area contributed by atoms with Crippen LogP contribution in [0, 0.1) is 0 Å². The van der Waals surface area contributed by atoms with Crippen molar-refractivity contribution in [3.8, 4) is 0 Å². The van der Waals surface area contributed by atoms with Crippen molar-refractivity contribution in [2.45, 2.75) is 39.3 Å². The number of pyridine rings is 1. The minimum absolute atomic E-state index is 0.0282. The molecule has 0 atom stereocenters. The topological polar surface area (TPSA) is 77.1 Å². The SMILES string of the molecule is CCC(CC)n1ccc(Cn2c(C(=O)O)cccc2=O)n1. The molecule has 0 saturated heterocycles. The molecule has 112 valence electrons. The number of carbonyl (C=O) groups is 1. The van der Waals surface area contributed by atoms with Gasteiger partial charge in [0.05, 0.1) is 18.3 Å². The lowest BCUT2D eigenvalue weighted by Crippen LogP contribution is -2.25. The molecule has 2 aromatic heterocycles. The summed E-state index contributed by atoms with van der Waals surface area (Å²) in [7, 11) is 0. The van der Waals surface area contributed by atoms with Crippen LogP contribution in [-0.4, -0.2) is 25.4 Å². The molecule has 6 heteroatoms. The van der Waals surface area contributed by atoms with Gasteiger partial charge in [0.15, 0.2) is 0 Å². The highest BCUT2D eigenvalue weighted by Crippen LogP contribution is 2.14. The van der Waals surface area contributed by atoms with Gasteiger partial charge in [0, 0.05) is 12.3 Å². The highest BCUT2D eigenvalue weighted by Gasteiger charge is 2.13. The maximum Gasteiger partial charge on any atom is 0.352 e. The third kappa shape index (κ3) is 3.21. The van der Waals surface area contributed by atoms with E-state index in [1.54, 1.807) is 0 Å². The van der Waals surface area contributed by atoms with Crippen LogP contribution >= 0.6 is 0 Å². The normalized spacial score (nSPS) is 11.0. The van der Waals surface area contributed by atoms with Gasteiger partial charge >= 0.3 is 5.97 Å². The molecule has 2 rings (SSSR count). The summed E-state index contributed by atoms with van der Waals surface area (Å²) < 4.78 is 3.10. The van der Waals surface area contributed by atoms with Gasteiger partial charge in [-0.2, -0.15) is 5.10 Å². The van der Waals surface area contributed by atoms with E-state index in [0.29, 0.717) is 11.7 Å². The Morgan fingerprint density at radius 1 is 1.29 bits per heavy atom. The van der Waals surface area contributed by atoms with Crippen molar-refractivity contribution in [1.82, 2.24) is 14.3 Å². The molecular formula is C15H19N3O3. The third-order valence-corrected chi connectivity index (χ3v) is 3.57. The first-order valence-corrected chi connectivity index (χ1v) is 7.04. The summed E-state index contributed by atoms with van der Waals surface area (Å²) in [5, 5.41) is 13.6. The Labute approximate surface area is 122 Å². The second kappa shape index (κ2) is 6.39. The van der Waals surface area contributed by atoms with E-state index in [4.69, 9.17) is 5.11 Å². The van der Waals surface area contributed by atoms with Gasteiger partial charge in [0.25, 0.3) is 5.56 Å². The van der Waals surface area contributed by atoms with E-state index in [1.165, 1.54) is 22.8 Å². The molecular weight excluding hydrogens is 270 g/mol. The summed E-state index contributed by atoms with van der Waals surface area (Å²) >= 11 is 0. The third-order valence-electron chi connectivity index (χ3n) is 3.57. The molecule has 0 amide bonds. The zero-order valence-corrected chi connectivity index (χ0v) is 12.2. The molecule has 0 saturated carbocycles. The number of aromatic carboxylic acids is 1. The fraction of sp³-hybridized carbons (Fsp3) is 0.400. The Morgan fingerprint density at radius 2 is 2.00 bits per heavy atom. The molecule has 0 aliphatic heterocycles. The minimum Gasteiger partial charge on any atom is -0.477 e. The fourth-order valence-electron chi connectivity index (χ4n) is 2.36. The van der Waals surface area contributed by atoms with Crippen LogP contribution in [0.2, 0.25) is 0 Å². The van der Waals surface area contributed by atoms with E-state index in [-0.39, 0.29) is 17.8 Å². The average molecular weight is 289 g/mol. The van der Waals surface area contributed by atoms with Gasteiger partial charge in [-0.25, -0.2) is 4.79 Å². The smallest absolute Gasteiger partial charge is 0.352 e. The lowest BCUT2D eigenvalue weighted by molar-refractivity contribution is 0.0684. The van der Waals surface area contributed by atoms with Crippen molar-refractivity contribution >= 4 is 5.97 Å². The Kier molecular flexibility index (Phi) is 4.57. The highest BCUT2D eigenvalue weighted by atomic mass is 16.4. The number of rotatable bonds is 6. The van der Waals surface area contributed by atoms with Gasteiger partial charge in [-0.05, 0) is 25.0 Å². The van der Waals surface area contributed by atoms with Gasteiger partial charge < -0.3 is 5.11 Å². The number of nitrogens with zero attached hydrogens (tertiary/aromatic N) is 3. The fourth-order valence-corrected chi connectivity index (χ4v) is 2.36. The molecule has 0 fully saturated rings. The molecule has 0 aliphatic carbocycles. The van der Waals surface area contributed by atoms with Crippen LogP contribution in [0.4, 0.5) is 0 Å². The predicted octanol–water partition coefficient (Wildman–Crippen LogP) is 2.15. The molecule has 0 radical (unpaired) electrons. The van der Waals surface area contributed by atoms with E-state index in [1.807, 2.05) is 16.9 Å². The number of hydrogen-bond acceptors (Lipinski definition) is 3. The molecule has 2 heterocycles. The maximum atomic E-state index is 11.9. The summed E-state index contributed by atoms with van der Waals surface area (Å²) in [4.78, 5) is 23.1. The number of carboxylic acid groups (broad SMARTS) is 1. The molecule has 21 heavy (non-hydrogen) atoms. The minimum atomic E-state index is -1.12. The lowest BCUT2D eigenvalue weighted by atomic mass is 10.2. The van der Waals surface area contributed by atoms with Crippen molar-refractivity contribution in [1.29, 1.82) is 0 Å². The van der Waals surface area contributed by atoms with Gasteiger partial charge in [0.1, 0.15) is 5.69 Å². The van der Waals surface area contributed by atoms with Crippen LogP contribution in [0.25, 0.3) is 0 Å². The van der Waals surface area contributed by atoms with Crippen LogP contribution in [0.5, 0.6) is 0 Å². The van der Waals surface area contributed by atoms with Crippen molar-refractivity contribution in [3.63, 3.8) is 0 Å². The van der Waals surface area contributed by atoms with E-state index in [2.05, 4.69) is 18.9 Å². The second-order valence-electron chi connectivity index (χ2n) is 4.90. The standard InChI is InChI=1S/C15H19N3O3/c1-3-12(4-2)18-9-8-11(16-18)10-17-13(15(20)21)6-5-7-14(17)19/h5-9,12H,3-4,10H2,1-2H3,(H,20,21). The molecule has 1 N–H and O–H groups in total. The number of hydrogen-bond donors (Lipinski definition) is 1. The Bertz CT molecular complexity index is 683. The van der Waals surface area contributed by atoms with Gasteiger partial charge in [-0.15, -0.1) is 0 Å². The zero-order chi connectivity index (χ0) is 15.4. The van der Waals surface area contributed by atoms with Gasteiger partial charge in [0.2, 0.25) is 0 Å². The molecule has 0 aliphatic rings. The first-order valence-electron chi connectivity index (χ1n) is 7.04. The first-order chi connectivity index (χ1) is 10.1. The van der Waals surface area contributed by atoms with Crippen LogP contribution < -0.4 is 5.56 Å². The Balaban J connectivity index is 2.31. The monoisotopic (exact) mass is 289 g/mol. The van der Waals surface area contributed by atoms with E-state index < -0.39 is 5.97 Å². The van der Waals surface area contributed by atoms with E-state index in [9.17, 15) is 9.59 Å². The number of aromatic nitrogens is 3. The lowest BCUT2D eigenvalue weighted by Gasteiger charge is -2.12. The first kappa shape index (κ1) is 15.0. The maximum absolute atomic E-state index is 11.9. The van der Waals surface area contributed by atoms with Crippen molar-refractivity contribution in [2.75, 3.05) is 0 Å². The quantitative estimate of drug-likeness (QED) is 0.884. The van der Waals surface area contributed by atoms with Crippen LogP contribution in [0.1, 0.15) is 48.9 Å². The van der Waals surface area contributed by atoms with Crippen LogP contribution in [0.15, 0.2) is 35.3 Å². The highest BCUT2D eigenvalue weighted by molar-refractivity contribution is 5.85. The largest absolute Gasteiger partial charge is 0.477 e. The molecule has 0 spiro atoms. The summed E-state index contributed by atoms with van der Waals surface area (Å²) in [5.41, 5.74) is 0.310. The van der Waals surface area contributed by atoms with E-state index >= 15 is 0 Å². The average Bonchev–Trinajstić information content (AvgIpc) is 2.91. The predicted molar refractivity (Wildman–Crippen MR) is 78.6 cm³/mol. The van der Waals surface area contributed by atoms with Crippen molar-refractivity contribution in [3.05, 3.63) is 52.2 Å². The van der Waals surface area contributed by atoms with Crippen molar-refractivity contribution in [2.24, 2.45) is 0 Å². The second-order valence-corrected chi connectivity index (χ2v) is 4.90. The summed E-state index contributed by atoms with van der Waals surface area (Å²) in [5.74, 6) is -1.12. The Morgan fingerprint density at radius 3 is 2.62 bits per heavy atom. The van der Waals surface area contributed by atoms with Crippen LogP contribution in [0.3, 0.4) is 0 Å². The van der Waals surface area contributed by atoms with Gasteiger partial charge in [-0.3, -0.25) is 14.0 Å².